The van der Waals surface area contributed by atoms with Crippen molar-refractivity contribution in [1.82, 2.24) is 20.5 Å². The predicted octanol–water partition coefficient (Wildman–Crippen LogP) is 2.49. The molecule has 0 aliphatic carbocycles. The SMILES string of the molecule is C[C@H](NC(=O)[C@H](CC(=O)N1CCCC1)NCC(=O)CC(C)(C)C)C(=O)c1nc2ccccc2o1. The molecule has 3 rings (SSSR count). The average molecular weight is 471 g/mol. The number of hydrogen-bond acceptors (Lipinski definition) is 7. The van der Waals surface area contributed by atoms with Crippen LogP contribution < -0.4 is 10.6 Å². The van der Waals surface area contributed by atoms with Crippen molar-refractivity contribution in [1.29, 1.82) is 0 Å². The van der Waals surface area contributed by atoms with Gasteiger partial charge in [-0.25, -0.2) is 4.98 Å². The van der Waals surface area contributed by atoms with Crippen LogP contribution >= 0.6 is 0 Å². The second kappa shape index (κ2) is 10.9. The van der Waals surface area contributed by atoms with Crippen LogP contribution in [0.2, 0.25) is 0 Å². The smallest absolute Gasteiger partial charge is 0.266 e. The number of para-hydroxylation sites is 2. The summed E-state index contributed by atoms with van der Waals surface area (Å²) in [5, 5.41) is 5.60. The number of carbonyl (C=O) groups is 4. The molecule has 2 atom stereocenters. The molecule has 0 saturated carbocycles. The van der Waals surface area contributed by atoms with Gasteiger partial charge in [-0.2, -0.15) is 0 Å². The number of likely N-dealkylation sites (tertiary alicyclic amines) is 1. The molecule has 9 heteroatoms. The Hall–Kier alpha value is -3.07. The first kappa shape index (κ1) is 25.6. The van der Waals surface area contributed by atoms with Gasteiger partial charge in [0, 0.05) is 19.5 Å². The highest BCUT2D eigenvalue weighted by Crippen LogP contribution is 2.19. The molecule has 0 unspecified atom stereocenters. The Balaban J connectivity index is 1.66. The molecule has 2 amide bonds. The van der Waals surface area contributed by atoms with E-state index < -0.39 is 23.8 Å². The van der Waals surface area contributed by atoms with E-state index in [1.54, 1.807) is 36.1 Å². The van der Waals surface area contributed by atoms with Crippen LogP contribution in [0, 0.1) is 5.41 Å². The maximum Gasteiger partial charge on any atom is 0.266 e. The maximum atomic E-state index is 13.1. The van der Waals surface area contributed by atoms with Crippen LogP contribution in [0.3, 0.4) is 0 Å². The van der Waals surface area contributed by atoms with Gasteiger partial charge < -0.3 is 14.6 Å². The number of benzene rings is 1. The van der Waals surface area contributed by atoms with E-state index in [1.807, 2.05) is 20.8 Å². The highest BCUT2D eigenvalue weighted by Gasteiger charge is 2.30. The van der Waals surface area contributed by atoms with Gasteiger partial charge in [-0.1, -0.05) is 32.9 Å². The molecule has 184 valence electrons. The van der Waals surface area contributed by atoms with Crippen LogP contribution in [0.5, 0.6) is 0 Å². The Morgan fingerprint density at radius 1 is 1.12 bits per heavy atom. The fraction of sp³-hybridized carbons (Fsp3) is 0.560. The Morgan fingerprint density at radius 3 is 2.44 bits per heavy atom. The zero-order valence-electron chi connectivity index (χ0n) is 20.3. The molecule has 0 radical (unpaired) electrons. The van der Waals surface area contributed by atoms with Crippen LogP contribution in [-0.2, 0) is 14.4 Å². The van der Waals surface area contributed by atoms with E-state index in [0.717, 1.165) is 12.8 Å². The number of nitrogens with zero attached hydrogens (tertiary/aromatic N) is 2. The molecule has 1 saturated heterocycles. The summed E-state index contributed by atoms with van der Waals surface area (Å²) in [6, 6.07) is 5.16. The minimum atomic E-state index is -0.934. The van der Waals surface area contributed by atoms with Crippen molar-refractivity contribution in [2.75, 3.05) is 19.6 Å². The number of nitrogens with one attached hydrogen (secondary N) is 2. The fourth-order valence-electron chi connectivity index (χ4n) is 3.96. The van der Waals surface area contributed by atoms with Gasteiger partial charge in [0.2, 0.25) is 17.6 Å². The van der Waals surface area contributed by atoms with Crippen molar-refractivity contribution in [2.45, 2.75) is 65.5 Å². The summed E-state index contributed by atoms with van der Waals surface area (Å²) in [4.78, 5) is 56.8. The van der Waals surface area contributed by atoms with Crippen molar-refractivity contribution in [3.05, 3.63) is 30.2 Å². The molecule has 9 nitrogen and oxygen atoms in total. The molecule has 2 heterocycles. The van der Waals surface area contributed by atoms with Gasteiger partial charge in [-0.15, -0.1) is 0 Å². The summed E-state index contributed by atoms with van der Waals surface area (Å²) in [5.41, 5.74) is 0.859. The first-order valence-corrected chi connectivity index (χ1v) is 11.8. The first-order valence-electron chi connectivity index (χ1n) is 11.8. The number of amides is 2. The highest BCUT2D eigenvalue weighted by atomic mass is 16.4. The lowest BCUT2D eigenvalue weighted by Gasteiger charge is -2.23. The molecule has 0 bridgehead atoms. The fourth-order valence-corrected chi connectivity index (χ4v) is 3.96. The van der Waals surface area contributed by atoms with Gasteiger partial charge in [0.25, 0.3) is 5.89 Å². The number of oxazole rings is 1. The number of carbonyl (C=O) groups excluding carboxylic acids is 4. The monoisotopic (exact) mass is 470 g/mol. The Bertz CT molecular complexity index is 1020. The normalized spacial score (nSPS) is 15.8. The summed E-state index contributed by atoms with van der Waals surface area (Å²) in [7, 11) is 0. The van der Waals surface area contributed by atoms with Crippen molar-refractivity contribution in [3.63, 3.8) is 0 Å². The quantitative estimate of drug-likeness (QED) is 0.512. The Morgan fingerprint density at radius 2 is 1.79 bits per heavy atom. The van der Waals surface area contributed by atoms with E-state index in [4.69, 9.17) is 4.42 Å². The maximum absolute atomic E-state index is 13.1. The van der Waals surface area contributed by atoms with Gasteiger partial charge in [0.05, 0.1) is 25.0 Å². The van der Waals surface area contributed by atoms with Crippen LogP contribution in [0.4, 0.5) is 0 Å². The third-order valence-corrected chi connectivity index (χ3v) is 5.68. The number of Topliss-reactive ketones (excluding diaryl/α,β-unsaturated/α-hetero) is 2. The lowest BCUT2D eigenvalue weighted by atomic mass is 9.90. The zero-order valence-corrected chi connectivity index (χ0v) is 20.3. The molecule has 0 spiro atoms. The second-order valence-corrected chi connectivity index (χ2v) is 10.1. The molecule has 1 aromatic heterocycles. The molecule has 1 aromatic carbocycles. The number of aromatic nitrogens is 1. The largest absolute Gasteiger partial charge is 0.434 e. The van der Waals surface area contributed by atoms with Crippen LogP contribution in [-0.4, -0.2) is 65.0 Å². The van der Waals surface area contributed by atoms with Crippen molar-refractivity contribution >= 4 is 34.5 Å². The highest BCUT2D eigenvalue weighted by molar-refractivity contribution is 6.00. The summed E-state index contributed by atoms with van der Waals surface area (Å²) >= 11 is 0. The van der Waals surface area contributed by atoms with E-state index in [1.165, 1.54) is 0 Å². The van der Waals surface area contributed by atoms with Gasteiger partial charge in [0.15, 0.2) is 5.58 Å². The number of hydrogen-bond donors (Lipinski definition) is 2. The summed E-state index contributed by atoms with van der Waals surface area (Å²) in [6.45, 7) is 8.74. The molecule has 1 aliphatic rings. The van der Waals surface area contributed by atoms with E-state index in [-0.39, 0.29) is 36.0 Å². The van der Waals surface area contributed by atoms with Gasteiger partial charge >= 0.3 is 0 Å². The molecule has 1 fully saturated rings. The summed E-state index contributed by atoms with van der Waals surface area (Å²) in [6.07, 6.45) is 2.14. The molecule has 2 N–H and O–H groups in total. The zero-order chi connectivity index (χ0) is 24.9. The third-order valence-electron chi connectivity index (χ3n) is 5.68. The minimum Gasteiger partial charge on any atom is -0.434 e. The second-order valence-electron chi connectivity index (χ2n) is 10.1. The van der Waals surface area contributed by atoms with Gasteiger partial charge in [-0.3, -0.25) is 24.5 Å². The first-order chi connectivity index (χ1) is 16.0. The van der Waals surface area contributed by atoms with Gasteiger partial charge in [0.1, 0.15) is 11.3 Å². The number of fused-ring (bicyclic) bond motifs is 1. The number of rotatable bonds is 10. The molecule has 1 aliphatic heterocycles. The Labute approximate surface area is 199 Å². The minimum absolute atomic E-state index is 0.0317. The number of ketones is 2. The molecular formula is C25H34N4O5. The van der Waals surface area contributed by atoms with E-state index in [0.29, 0.717) is 30.6 Å². The van der Waals surface area contributed by atoms with Crippen LogP contribution in [0.25, 0.3) is 11.1 Å². The Kier molecular flexibility index (Phi) is 8.19. The van der Waals surface area contributed by atoms with Gasteiger partial charge in [-0.05, 0) is 37.3 Å². The summed E-state index contributed by atoms with van der Waals surface area (Å²) < 4.78 is 5.52. The molecule has 34 heavy (non-hydrogen) atoms. The lowest BCUT2D eigenvalue weighted by Crippen LogP contribution is -2.52. The van der Waals surface area contributed by atoms with Crippen molar-refractivity contribution in [3.8, 4) is 0 Å². The van der Waals surface area contributed by atoms with Crippen LogP contribution in [0.15, 0.2) is 28.7 Å². The topological polar surface area (TPSA) is 122 Å². The standard InChI is InChI=1S/C25H34N4O5/c1-16(22(32)24-28-18-9-5-6-10-20(18)34-24)27-23(33)19(13-21(31)29-11-7-8-12-29)26-15-17(30)14-25(2,3)4/h5-6,9-10,16,19,26H,7-8,11-15H2,1-4H3,(H,27,33)/t16-,19-/m0/s1. The van der Waals surface area contributed by atoms with E-state index in [9.17, 15) is 19.2 Å². The van der Waals surface area contributed by atoms with Crippen LogP contribution in [0.1, 0.15) is 64.1 Å². The predicted molar refractivity (Wildman–Crippen MR) is 127 cm³/mol. The third kappa shape index (κ3) is 6.96. The summed E-state index contributed by atoms with van der Waals surface area (Å²) in [5.74, 6) is -1.28. The molecule has 2 aromatic rings. The molecular weight excluding hydrogens is 436 g/mol. The van der Waals surface area contributed by atoms with E-state index in [2.05, 4.69) is 15.6 Å². The van der Waals surface area contributed by atoms with E-state index >= 15 is 0 Å². The van der Waals surface area contributed by atoms with Crippen molar-refractivity contribution in [2.24, 2.45) is 5.41 Å². The lowest BCUT2D eigenvalue weighted by molar-refractivity contribution is -0.134. The van der Waals surface area contributed by atoms with Crippen molar-refractivity contribution < 1.29 is 23.6 Å². The average Bonchev–Trinajstić information content (AvgIpc) is 3.44.